The predicted molar refractivity (Wildman–Crippen MR) is 49.7 cm³/mol. The van der Waals surface area contributed by atoms with Crippen molar-refractivity contribution in [2.24, 2.45) is 5.92 Å². The minimum absolute atomic E-state index is 0.239. The lowest BCUT2D eigenvalue weighted by Crippen LogP contribution is -2.13. The van der Waals surface area contributed by atoms with Gasteiger partial charge in [-0.25, -0.2) is 0 Å². The number of rotatable bonds is 2. The summed E-state index contributed by atoms with van der Waals surface area (Å²) in [5.41, 5.74) is 0.783. The third kappa shape index (κ3) is 1.19. The second-order valence-electron chi connectivity index (χ2n) is 3.74. The molecule has 1 aromatic rings. The van der Waals surface area contributed by atoms with E-state index in [-0.39, 0.29) is 5.78 Å². The SMILES string of the molecule is CCC(C)C1CC(=O)c2ccnn21. The van der Waals surface area contributed by atoms with Crippen LogP contribution < -0.4 is 0 Å². The van der Waals surface area contributed by atoms with Gasteiger partial charge in [0, 0.05) is 12.6 Å². The van der Waals surface area contributed by atoms with E-state index in [1.165, 1.54) is 0 Å². The van der Waals surface area contributed by atoms with Crippen molar-refractivity contribution in [1.29, 1.82) is 0 Å². The molecule has 1 aromatic heterocycles. The maximum Gasteiger partial charge on any atom is 0.183 e. The summed E-state index contributed by atoms with van der Waals surface area (Å²) in [4.78, 5) is 11.5. The van der Waals surface area contributed by atoms with Crippen LogP contribution in [0, 0.1) is 5.92 Å². The van der Waals surface area contributed by atoms with Crippen molar-refractivity contribution < 1.29 is 4.79 Å². The molecule has 0 saturated heterocycles. The minimum atomic E-state index is 0.239. The molecule has 2 atom stereocenters. The highest BCUT2D eigenvalue weighted by Crippen LogP contribution is 2.32. The smallest absolute Gasteiger partial charge is 0.183 e. The number of carbonyl (C=O) groups is 1. The van der Waals surface area contributed by atoms with Crippen LogP contribution in [0.2, 0.25) is 0 Å². The van der Waals surface area contributed by atoms with Crippen LogP contribution in [0.25, 0.3) is 0 Å². The zero-order chi connectivity index (χ0) is 9.42. The first-order valence-electron chi connectivity index (χ1n) is 4.80. The van der Waals surface area contributed by atoms with Crippen LogP contribution >= 0.6 is 0 Å². The first-order valence-corrected chi connectivity index (χ1v) is 4.80. The van der Waals surface area contributed by atoms with E-state index in [0.29, 0.717) is 18.4 Å². The summed E-state index contributed by atoms with van der Waals surface area (Å²) < 4.78 is 1.89. The fraction of sp³-hybridized carbons (Fsp3) is 0.600. The molecule has 70 valence electrons. The molecule has 0 radical (unpaired) electrons. The molecule has 0 amide bonds. The van der Waals surface area contributed by atoms with E-state index in [1.807, 2.05) is 10.7 Å². The largest absolute Gasteiger partial charge is 0.292 e. The van der Waals surface area contributed by atoms with Gasteiger partial charge in [0.25, 0.3) is 0 Å². The van der Waals surface area contributed by atoms with E-state index >= 15 is 0 Å². The van der Waals surface area contributed by atoms with E-state index in [0.717, 1.165) is 12.1 Å². The Morgan fingerprint density at radius 1 is 1.77 bits per heavy atom. The van der Waals surface area contributed by atoms with Gasteiger partial charge in [0.05, 0.1) is 6.04 Å². The molecule has 3 nitrogen and oxygen atoms in total. The molecular formula is C10H14N2O. The highest BCUT2D eigenvalue weighted by atomic mass is 16.1. The second-order valence-corrected chi connectivity index (χ2v) is 3.74. The Morgan fingerprint density at radius 2 is 2.54 bits per heavy atom. The number of ketones is 1. The third-order valence-electron chi connectivity index (χ3n) is 2.97. The monoisotopic (exact) mass is 178 g/mol. The van der Waals surface area contributed by atoms with E-state index in [1.54, 1.807) is 6.20 Å². The van der Waals surface area contributed by atoms with Crippen molar-refractivity contribution in [2.75, 3.05) is 0 Å². The molecule has 0 aromatic carbocycles. The zero-order valence-corrected chi connectivity index (χ0v) is 8.03. The maximum atomic E-state index is 11.5. The van der Waals surface area contributed by atoms with Gasteiger partial charge in [0.2, 0.25) is 0 Å². The maximum absolute atomic E-state index is 11.5. The molecule has 0 aliphatic carbocycles. The van der Waals surface area contributed by atoms with Gasteiger partial charge in [0.15, 0.2) is 5.78 Å². The number of aromatic nitrogens is 2. The Labute approximate surface area is 77.7 Å². The molecule has 2 unspecified atom stereocenters. The summed E-state index contributed by atoms with van der Waals surface area (Å²) >= 11 is 0. The van der Waals surface area contributed by atoms with Crippen LogP contribution in [0.1, 0.15) is 43.2 Å². The van der Waals surface area contributed by atoms with E-state index in [2.05, 4.69) is 18.9 Å². The number of hydrogen-bond acceptors (Lipinski definition) is 2. The van der Waals surface area contributed by atoms with Crippen molar-refractivity contribution in [3.8, 4) is 0 Å². The molecule has 3 heteroatoms. The summed E-state index contributed by atoms with van der Waals surface area (Å²) in [6.45, 7) is 4.32. The zero-order valence-electron chi connectivity index (χ0n) is 8.03. The Kier molecular flexibility index (Phi) is 1.94. The predicted octanol–water partition coefficient (Wildman–Crippen LogP) is 2.06. The van der Waals surface area contributed by atoms with Crippen LogP contribution in [0.5, 0.6) is 0 Å². The van der Waals surface area contributed by atoms with Gasteiger partial charge in [-0.2, -0.15) is 5.10 Å². The van der Waals surface area contributed by atoms with Crippen LogP contribution in [-0.4, -0.2) is 15.6 Å². The Morgan fingerprint density at radius 3 is 3.23 bits per heavy atom. The average molecular weight is 178 g/mol. The molecule has 0 fully saturated rings. The number of nitrogens with zero attached hydrogens (tertiary/aromatic N) is 2. The molecule has 0 spiro atoms. The van der Waals surface area contributed by atoms with Crippen molar-refractivity contribution in [2.45, 2.75) is 32.7 Å². The van der Waals surface area contributed by atoms with E-state index < -0.39 is 0 Å². The molecule has 2 rings (SSSR count). The van der Waals surface area contributed by atoms with Gasteiger partial charge in [-0.3, -0.25) is 9.48 Å². The number of fused-ring (bicyclic) bond motifs is 1. The minimum Gasteiger partial charge on any atom is -0.292 e. The van der Waals surface area contributed by atoms with Gasteiger partial charge in [-0.15, -0.1) is 0 Å². The van der Waals surface area contributed by atoms with Crippen molar-refractivity contribution in [1.82, 2.24) is 9.78 Å². The van der Waals surface area contributed by atoms with Gasteiger partial charge < -0.3 is 0 Å². The van der Waals surface area contributed by atoms with Crippen molar-refractivity contribution in [3.05, 3.63) is 18.0 Å². The molecule has 2 heterocycles. The number of Topliss-reactive ketones (excluding diaryl/α,β-unsaturated/α-hetero) is 1. The molecule has 13 heavy (non-hydrogen) atoms. The highest BCUT2D eigenvalue weighted by molar-refractivity contribution is 5.96. The van der Waals surface area contributed by atoms with Crippen LogP contribution in [-0.2, 0) is 0 Å². The first kappa shape index (κ1) is 8.48. The Bertz CT molecular complexity index is 329. The van der Waals surface area contributed by atoms with Crippen molar-refractivity contribution >= 4 is 5.78 Å². The Hall–Kier alpha value is -1.12. The molecule has 1 aliphatic rings. The quantitative estimate of drug-likeness (QED) is 0.694. The summed E-state index contributed by atoms with van der Waals surface area (Å²) in [6, 6.07) is 2.10. The average Bonchev–Trinajstić information content (AvgIpc) is 2.68. The number of carbonyl (C=O) groups excluding carboxylic acids is 1. The van der Waals surface area contributed by atoms with Crippen LogP contribution in [0.15, 0.2) is 12.3 Å². The highest BCUT2D eigenvalue weighted by Gasteiger charge is 2.32. The second kappa shape index (κ2) is 2.98. The summed E-state index contributed by atoms with van der Waals surface area (Å²) in [5.74, 6) is 0.771. The molecule has 0 bridgehead atoms. The third-order valence-corrected chi connectivity index (χ3v) is 2.97. The standard InChI is InChI=1S/C10H14N2O/c1-3-7(2)9-6-10(13)8-4-5-11-12(8)9/h4-5,7,9H,3,6H2,1-2H3. The summed E-state index contributed by atoms with van der Waals surface area (Å²) in [5, 5.41) is 4.19. The van der Waals surface area contributed by atoms with Crippen molar-refractivity contribution in [3.63, 3.8) is 0 Å². The van der Waals surface area contributed by atoms with Crippen LogP contribution in [0.4, 0.5) is 0 Å². The van der Waals surface area contributed by atoms with Gasteiger partial charge in [-0.1, -0.05) is 20.3 Å². The van der Waals surface area contributed by atoms with E-state index in [4.69, 9.17) is 0 Å². The molecule has 0 N–H and O–H groups in total. The lowest BCUT2D eigenvalue weighted by molar-refractivity contribution is 0.0982. The summed E-state index contributed by atoms with van der Waals surface area (Å²) in [6.07, 6.45) is 3.44. The molecule has 1 aliphatic heterocycles. The van der Waals surface area contributed by atoms with Gasteiger partial charge in [-0.05, 0) is 12.0 Å². The lowest BCUT2D eigenvalue weighted by Gasteiger charge is -2.17. The molecule has 0 saturated carbocycles. The number of hydrogen-bond donors (Lipinski definition) is 0. The Balaban J connectivity index is 2.33. The fourth-order valence-corrected chi connectivity index (χ4v) is 1.89. The van der Waals surface area contributed by atoms with E-state index in [9.17, 15) is 4.79 Å². The summed E-state index contributed by atoms with van der Waals surface area (Å²) in [7, 11) is 0. The van der Waals surface area contributed by atoms with Gasteiger partial charge >= 0.3 is 0 Å². The fourth-order valence-electron chi connectivity index (χ4n) is 1.89. The van der Waals surface area contributed by atoms with Crippen LogP contribution in [0.3, 0.4) is 0 Å². The van der Waals surface area contributed by atoms with Gasteiger partial charge in [0.1, 0.15) is 5.69 Å². The normalized spacial score (nSPS) is 23.2. The molecular weight excluding hydrogens is 164 g/mol. The first-order chi connectivity index (χ1) is 6.24. The lowest BCUT2D eigenvalue weighted by atomic mass is 9.97. The topological polar surface area (TPSA) is 34.9 Å².